The minimum Gasteiger partial charge on any atom is -0.370 e. The molecule has 20 heavy (non-hydrogen) atoms. The van der Waals surface area contributed by atoms with E-state index >= 15 is 0 Å². The zero-order chi connectivity index (χ0) is 14.7. The molecule has 2 aromatic rings. The van der Waals surface area contributed by atoms with Gasteiger partial charge < -0.3 is 10.6 Å². The van der Waals surface area contributed by atoms with Gasteiger partial charge in [-0.3, -0.25) is 0 Å². The Morgan fingerprint density at radius 2 is 2.15 bits per heavy atom. The van der Waals surface area contributed by atoms with Crippen molar-refractivity contribution in [2.24, 2.45) is 5.73 Å². The van der Waals surface area contributed by atoms with E-state index in [1.54, 1.807) is 11.3 Å². The number of halogens is 2. The molecule has 2 rings (SSSR count). The predicted octanol–water partition coefficient (Wildman–Crippen LogP) is 4.69. The molecule has 0 bridgehead atoms. The SMILES string of the molecule is CC(N)Cc1ccc(Cl)cc1N(C)Cc1csc(Br)c1. The summed E-state index contributed by atoms with van der Waals surface area (Å²) < 4.78 is 1.16. The van der Waals surface area contributed by atoms with E-state index in [0.29, 0.717) is 0 Å². The van der Waals surface area contributed by atoms with E-state index < -0.39 is 0 Å². The third kappa shape index (κ3) is 4.22. The zero-order valence-electron chi connectivity index (χ0n) is 11.6. The third-order valence-electron chi connectivity index (χ3n) is 3.04. The monoisotopic (exact) mass is 372 g/mol. The van der Waals surface area contributed by atoms with Crippen LogP contribution in [0.15, 0.2) is 33.4 Å². The van der Waals surface area contributed by atoms with Crippen molar-refractivity contribution in [3.63, 3.8) is 0 Å². The molecule has 1 atom stereocenters. The van der Waals surface area contributed by atoms with Gasteiger partial charge in [0.1, 0.15) is 0 Å². The van der Waals surface area contributed by atoms with E-state index in [1.807, 2.05) is 19.1 Å². The van der Waals surface area contributed by atoms with Gasteiger partial charge in [-0.2, -0.15) is 0 Å². The summed E-state index contributed by atoms with van der Waals surface area (Å²) in [6.45, 7) is 2.88. The Balaban J connectivity index is 2.23. The summed E-state index contributed by atoms with van der Waals surface area (Å²) in [6, 6.07) is 8.30. The predicted molar refractivity (Wildman–Crippen MR) is 92.9 cm³/mol. The van der Waals surface area contributed by atoms with Crippen molar-refractivity contribution in [2.45, 2.75) is 25.9 Å². The van der Waals surface area contributed by atoms with Crippen LogP contribution in [0.25, 0.3) is 0 Å². The largest absolute Gasteiger partial charge is 0.370 e. The summed E-state index contributed by atoms with van der Waals surface area (Å²) in [6.07, 6.45) is 0.851. The first-order valence-corrected chi connectivity index (χ1v) is 8.49. The molecule has 0 aliphatic heterocycles. The molecule has 2 nitrogen and oxygen atoms in total. The van der Waals surface area contributed by atoms with Crippen molar-refractivity contribution in [1.29, 1.82) is 0 Å². The number of hydrogen-bond donors (Lipinski definition) is 1. The molecule has 1 heterocycles. The highest BCUT2D eigenvalue weighted by molar-refractivity contribution is 9.11. The van der Waals surface area contributed by atoms with Gasteiger partial charge in [0.05, 0.1) is 3.79 Å². The van der Waals surface area contributed by atoms with Gasteiger partial charge in [-0.25, -0.2) is 0 Å². The topological polar surface area (TPSA) is 29.3 Å². The maximum Gasteiger partial charge on any atom is 0.0701 e. The second kappa shape index (κ2) is 6.94. The molecule has 0 aliphatic rings. The summed E-state index contributed by atoms with van der Waals surface area (Å²) in [4.78, 5) is 2.22. The zero-order valence-corrected chi connectivity index (χ0v) is 14.7. The lowest BCUT2D eigenvalue weighted by Crippen LogP contribution is -2.22. The van der Waals surface area contributed by atoms with Gasteiger partial charge in [0.25, 0.3) is 0 Å². The van der Waals surface area contributed by atoms with Gasteiger partial charge in [0, 0.05) is 30.3 Å². The molecule has 0 spiro atoms. The molecule has 0 amide bonds. The first kappa shape index (κ1) is 15.8. The van der Waals surface area contributed by atoms with Gasteiger partial charge in [-0.15, -0.1) is 11.3 Å². The van der Waals surface area contributed by atoms with Crippen molar-refractivity contribution in [3.8, 4) is 0 Å². The summed E-state index contributed by atoms with van der Waals surface area (Å²) in [5, 5.41) is 2.92. The Bertz CT molecular complexity index is 583. The summed E-state index contributed by atoms with van der Waals surface area (Å²) in [7, 11) is 2.09. The number of thiophene rings is 1. The highest BCUT2D eigenvalue weighted by atomic mass is 79.9. The van der Waals surface area contributed by atoms with Crippen LogP contribution in [-0.4, -0.2) is 13.1 Å². The Hall–Kier alpha value is -0.550. The number of nitrogens with zero attached hydrogens (tertiary/aromatic N) is 1. The molecule has 1 unspecified atom stereocenters. The Labute approximate surface area is 137 Å². The van der Waals surface area contributed by atoms with E-state index in [2.05, 4.69) is 45.4 Å². The van der Waals surface area contributed by atoms with Crippen LogP contribution in [0, 0.1) is 0 Å². The van der Waals surface area contributed by atoms with Crippen molar-refractivity contribution in [1.82, 2.24) is 0 Å². The van der Waals surface area contributed by atoms with Crippen molar-refractivity contribution >= 4 is 44.6 Å². The molecule has 108 valence electrons. The van der Waals surface area contributed by atoms with E-state index in [0.717, 1.165) is 27.5 Å². The van der Waals surface area contributed by atoms with Crippen LogP contribution in [-0.2, 0) is 13.0 Å². The second-order valence-electron chi connectivity index (χ2n) is 5.07. The van der Waals surface area contributed by atoms with E-state index in [-0.39, 0.29) is 6.04 Å². The van der Waals surface area contributed by atoms with Crippen LogP contribution in [0.4, 0.5) is 5.69 Å². The summed E-state index contributed by atoms with van der Waals surface area (Å²) >= 11 is 11.3. The second-order valence-corrected chi connectivity index (χ2v) is 7.80. The lowest BCUT2D eigenvalue weighted by molar-refractivity contribution is 0.734. The number of nitrogens with two attached hydrogens (primary N) is 1. The Kier molecular flexibility index (Phi) is 5.49. The van der Waals surface area contributed by atoms with E-state index in [1.165, 1.54) is 11.1 Å². The molecule has 0 saturated heterocycles. The maximum atomic E-state index is 6.14. The number of anilines is 1. The van der Waals surface area contributed by atoms with Crippen LogP contribution < -0.4 is 10.6 Å². The van der Waals surface area contributed by atoms with Crippen LogP contribution in [0.1, 0.15) is 18.1 Å². The van der Waals surface area contributed by atoms with Crippen molar-refractivity contribution in [2.75, 3.05) is 11.9 Å². The van der Waals surface area contributed by atoms with Gasteiger partial charge in [-0.05, 0) is 64.0 Å². The van der Waals surface area contributed by atoms with Gasteiger partial charge in [0.2, 0.25) is 0 Å². The molecule has 2 N–H and O–H groups in total. The first-order valence-electron chi connectivity index (χ1n) is 6.43. The summed E-state index contributed by atoms with van der Waals surface area (Å²) in [5.41, 5.74) is 9.61. The fourth-order valence-electron chi connectivity index (χ4n) is 2.20. The van der Waals surface area contributed by atoms with Crippen LogP contribution >= 0.6 is 38.9 Å². The molecule has 5 heteroatoms. The third-order valence-corrected chi connectivity index (χ3v) is 4.83. The maximum absolute atomic E-state index is 6.14. The van der Waals surface area contributed by atoms with Crippen molar-refractivity contribution < 1.29 is 0 Å². The van der Waals surface area contributed by atoms with Crippen molar-refractivity contribution in [3.05, 3.63) is 49.6 Å². The lowest BCUT2D eigenvalue weighted by atomic mass is 10.0. The summed E-state index contributed by atoms with van der Waals surface area (Å²) in [5.74, 6) is 0. The quantitative estimate of drug-likeness (QED) is 0.823. The highest BCUT2D eigenvalue weighted by Gasteiger charge is 2.11. The molecule has 0 aliphatic carbocycles. The average molecular weight is 374 g/mol. The fourth-order valence-corrected chi connectivity index (χ4v) is 3.57. The lowest BCUT2D eigenvalue weighted by Gasteiger charge is -2.23. The molecular weight excluding hydrogens is 356 g/mol. The van der Waals surface area contributed by atoms with Crippen LogP contribution in [0.2, 0.25) is 5.02 Å². The molecule has 0 fully saturated rings. The molecule has 1 aromatic carbocycles. The van der Waals surface area contributed by atoms with E-state index in [4.69, 9.17) is 17.3 Å². The Morgan fingerprint density at radius 1 is 1.40 bits per heavy atom. The van der Waals surface area contributed by atoms with Gasteiger partial charge >= 0.3 is 0 Å². The first-order chi connectivity index (χ1) is 9.45. The number of hydrogen-bond acceptors (Lipinski definition) is 3. The number of benzene rings is 1. The average Bonchev–Trinajstić information content (AvgIpc) is 2.76. The van der Waals surface area contributed by atoms with E-state index in [9.17, 15) is 0 Å². The molecule has 0 saturated carbocycles. The molecule has 1 aromatic heterocycles. The minimum absolute atomic E-state index is 0.138. The highest BCUT2D eigenvalue weighted by Crippen LogP contribution is 2.28. The normalized spacial score (nSPS) is 12.4. The molecule has 0 radical (unpaired) electrons. The Morgan fingerprint density at radius 3 is 2.75 bits per heavy atom. The number of rotatable bonds is 5. The van der Waals surface area contributed by atoms with Crippen LogP contribution in [0.5, 0.6) is 0 Å². The minimum atomic E-state index is 0.138. The standard InChI is InChI=1S/C15H18BrClN2S/c1-10(18)5-12-3-4-13(17)7-14(12)19(2)8-11-6-15(16)20-9-11/h3-4,6-7,9-10H,5,8,18H2,1-2H3. The molecular formula is C15H18BrClN2S. The smallest absolute Gasteiger partial charge is 0.0701 e. The fraction of sp³-hybridized carbons (Fsp3) is 0.333. The van der Waals surface area contributed by atoms with Gasteiger partial charge in [-0.1, -0.05) is 17.7 Å². The van der Waals surface area contributed by atoms with Crippen LogP contribution in [0.3, 0.4) is 0 Å². The van der Waals surface area contributed by atoms with Gasteiger partial charge in [0.15, 0.2) is 0 Å².